The molecule has 7 heteroatoms. The van der Waals surface area contributed by atoms with Crippen LogP contribution in [0.5, 0.6) is 11.5 Å². The third kappa shape index (κ3) is 3.62. The third-order valence-corrected chi connectivity index (χ3v) is 2.97. The van der Waals surface area contributed by atoms with Crippen molar-refractivity contribution in [3.05, 3.63) is 35.7 Å². The van der Waals surface area contributed by atoms with Gasteiger partial charge in [-0.3, -0.25) is 4.68 Å². The van der Waals surface area contributed by atoms with Gasteiger partial charge < -0.3 is 14.8 Å². The van der Waals surface area contributed by atoms with Gasteiger partial charge in [0.05, 0.1) is 18.5 Å². The van der Waals surface area contributed by atoms with Crippen molar-refractivity contribution < 1.29 is 18.3 Å². The number of aryl methyl sites for hydroxylation is 2. The van der Waals surface area contributed by atoms with E-state index in [2.05, 4.69) is 15.2 Å². The Bertz CT molecular complexity index is 614. The van der Waals surface area contributed by atoms with E-state index in [1.54, 1.807) is 22.9 Å². The number of ether oxygens (including phenoxy) is 2. The summed E-state index contributed by atoms with van der Waals surface area (Å²) in [5.41, 5.74) is 2.25. The highest BCUT2D eigenvalue weighted by molar-refractivity contribution is 5.51. The Morgan fingerprint density at radius 2 is 2.14 bits per heavy atom. The number of hydrogen-bond donors (Lipinski definition) is 1. The molecule has 0 atom stereocenters. The second-order valence-electron chi connectivity index (χ2n) is 4.48. The SMILES string of the molecule is COc1cccc(CNc2cn(C)nc2C)c1OC(F)F. The minimum atomic E-state index is -2.90. The van der Waals surface area contributed by atoms with E-state index in [9.17, 15) is 8.78 Å². The lowest BCUT2D eigenvalue weighted by Crippen LogP contribution is -2.08. The standard InChI is InChI=1S/C14H17F2N3O2/c1-9-11(8-19(2)18-9)17-7-10-5-4-6-12(20-3)13(10)21-14(15)16/h4-6,8,14,17H,7H2,1-3H3. The lowest BCUT2D eigenvalue weighted by molar-refractivity contribution is -0.0517. The first kappa shape index (κ1) is 15.1. The van der Waals surface area contributed by atoms with Crippen LogP contribution in [0.3, 0.4) is 0 Å². The first-order chi connectivity index (χ1) is 10.0. The van der Waals surface area contributed by atoms with Gasteiger partial charge in [-0.25, -0.2) is 0 Å². The number of nitrogens with one attached hydrogen (secondary N) is 1. The van der Waals surface area contributed by atoms with Crippen LogP contribution in [-0.4, -0.2) is 23.5 Å². The van der Waals surface area contributed by atoms with Gasteiger partial charge in [-0.2, -0.15) is 13.9 Å². The zero-order valence-corrected chi connectivity index (χ0v) is 12.1. The third-order valence-electron chi connectivity index (χ3n) is 2.97. The molecule has 0 amide bonds. The quantitative estimate of drug-likeness (QED) is 0.890. The predicted octanol–water partition coefficient (Wildman–Crippen LogP) is 2.95. The van der Waals surface area contributed by atoms with Crippen molar-refractivity contribution in [2.75, 3.05) is 12.4 Å². The molecule has 1 aromatic heterocycles. The zero-order chi connectivity index (χ0) is 15.4. The Hall–Kier alpha value is -2.31. The van der Waals surface area contributed by atoms with Crippen LogP contribution in [0.4, 0.5) is 14.5 Å². The van der Waals surface area contributed by atoms with Gasteiger partial charge in [0.1, 0.15) is 0 Å². The molecule has 0 spiro atoms. The molecular formula is C14H17F2N3O2. The van der Waals surface area contributed by atoms with Gasteiger partial charge >= 0.3 is 6.61 Å². The van der Waals surface area contributed by atoms with Crippen molar-refractivity contribution in [1.82, 2.24) is 9.78 Å². The number of rotatable bonds is 6. The van der Waals surface area contributed by atoms with E-state index >= 15 is 0 Å². The molecular weight excluding hydrogens is 280 g/mol. The molecule has 0 saturated carbocycles. The van der Waals surface area contributed by atoms with E-state index in [4.69, 9.17) is 4.74 Å². The maximum Gasteiger partial charge on any atom is 0.387 e. The van der Waals surface area contributed by atoms with Crippen molar-refractivity contribution in [3.63, 3.8) is 0 Å². The van der Waals surface area contributed by atoms with Crippen LogP contribution < -0.4 is 14.8 Å². The Morgan fingerprint density at radius 3 is 2.71 bits per heavy atom. The molecule has 0 radical (unpaired) electrons. The number of nitrogens with zero attached hydrogens (tertiary/aromatic N) is 2. The second-order valence-corrected chi connectivity index (χ2v) is 4.48. The first-order valence-corrected chi connectivity index (χ1v) is 6.36. The molecule has 1 heterocycles. The molecule has 0 saturated heterocycles. The van der Waals surface area contributed by atoms with E-state index in [1.165, 1.54) is 7.11 Å². The maximum atomic E-state index is 12.5. The number of halogens is 2. The molecule has 0 aliphatic carbocycles. The van der Waals surface area contributed by atoms with Crippen LogP contribution in [0.25, 0.3) is 0 Å². The molecule has 0 bridgehead atoms. The fourth-order valence-electron chi connectivity index (χ4n) is 2.05. The summed E-state index contributed by atoms with van der Waals surface area (Å²) in [6.07, 6.45) is 1.82. The molecule has 0 unspecified atom stereocenters. The largest absolute Gasteiger partial charge is 0.493 e. The fourth-order valence-corrected chi connectivity index (χ4v) is 2.05. The van der Waals surface area contributed by atoms with Gasteiger partial charge in [-0.15, -0.1) is 0 Å². The van der Waals surface area contributed by atoms with E-state index in [-0.39, 0.29) is 11.5 Å². The molecule has 21 heavy (non-hydrogen) atoms. The van der Waals surface area contributed by atoms with Crippen LogP contribution >= 0.6 is 0 Å². The molecule has 5 nitrogen and oxygen atoms in total. The van der Waals surface area contributed by atoms with Crippen molar-refractivity contribution in [1.29, 1.82) is 0 Å². The van der Waals surface area contributed by atoms with Gasteiger partial charge in [0.2, 0.25) is 0 Å². The molecule has 0 fully saturated rings. The molecule has 1 N–H and O–H groups in total. The normalized spacial score (nSPS) is 10.8. The minimum Gasteiger partial charge on any atom is -0.493 e. The van der Waals surface area contributed by atoms with Gasteiger partial charge in [0, 0.05) is 25.4 Å². The fraction of sp³-hybridized carbons (Fsp3) is 0.357. The van der Waals surface area contributed by atoms with E-state index in [0.717, 1.165) is 11.4 Å². The smallest absolute Gasteiger partial charge is 0.387 e. The first-order valence-electron chi connectivity index (χ1n) is 6.36. The molecule has 2 rings (SSSR count). The van der Waals surface area contributed by atoms with Crippen LogP contribution in [0.2, 0.25) is 0 Å². The van der Waals surface area contributed by atoms with Gasteiger partial charge in [0.25, 0.3) is 0 Å². The van der Waals surface area contributed by atoms with E-state index in [0.29, 0.717) is 12.1 Å². The van der Waals surface area contributed by atoms with Crippen LogP contribution in [0.15, 0.2) is 24.4 Å². The average Bonchev–Trinajstić information content (AvgIpc) is 2.75. The second kappa shape index (κ2) is 6.43. The Kier molecular flexibility index (Phi) is 4.62. The summed E-state index contributed by atoms with van der Waals surface area (Å²) in [5.74, 6) is 0.321. The molecule has 0 aliphatic heterocycles. The van der Waals surface area contributed by atoms with Crippen LogP contribution in [-0.2, 0) is 13.6 Å². The van der Waals surface area contributed by atoms with E-state index < -0.39 is 6.61 Å². The lowest BCUT2D eigenvalue weighted by Gasteiger charge is -2.15. The zero-order valence-electron chi connectivity index (χ0n) is 12.1. The summed E-state index contributed by atoms with van der Waals surface area (Å²) >= 11 is 0. The highest BCUT2D eigenvalue weighted by Gasteiger charge is 2.15. The number of alkyl halides is 2. The van der Waals surface area contributed by atoms with Gasteiger partial charge in [0.15, 0.2) is 11.5 Å². The van der Waals surface area contributed by atoms with Gasteiger partial charge in [-0.1, -0.05) is 12.1 Å². The van der Waals surface area contributed by atoms with E-state index in [1.807, 2.05) is 20.2 Å². The lowest BCUT2D eigenvalue weighted by atomic mass is 10.2. The number of anilines is 1. The number of benzene rings is 1. The molecule has 0 aliphatic rings. The topological polar surface area (TPSA) is 48.3 Å². The minimum absolute atomic E-state index is 0.0454. The maximum absolute atomic E-state index is 12.5. The van der Waals surface area contributed by atoms with Crippen molar-refractivity contribution >= 4 is 5.69 Å². The Labute approximate surface area is 121 Å². The number of hydrogen-bond acceptors (Lipinski definition) is 4. The van der Waals surface area contributed by atoms with Crippen LogP contribution in [0.1, 0.15) is 11.3 Å². The van der Waals surface area contributed by atoms with Gasteiger partial charge in [-0.05, 0) is 13.0 Å². The molecule has 2 aromatic rings. The summed E-state index contributed by atoms with van der Waals surface area (Å²) in [6, 6.07) is 5.01. The highest BCUT2D eigenvalue weighted by atomic mass is 19.3. The number of aromatic nitrogens is 2. The van der Waals surface area contributed by atoms with Crippen molar-refractivity contribution in [2.45, 2.75) is 20.1 Å². The Morgan fingerprint density at radius 1 is 1.38 bits per heavy atom. The predicted molar refractivity (Wildman–Crippen MR) is 74.9 cm³/mol. The average molecular weight is 297 g/mol. The molecule has 1 aromatic carbocycles. The van der Waals surface area contributed by atoms with Crippen LogP contribution in [0, 0.1) is 6.92 Å². The summed E-state index contributed by atoms with van der Waals surface area (Å²) in [7, 11) is 3.23. The summed E-state index contributed by atoms with van der Waals surface area (Å²) in [5, 5.41) is 7.36. The highest BCUT2D eigenvalue weighted by Crippen LogP contribution is 2.33. The molecule has 114 valence electrons. The Balaban J connectivity index is 2.20. The van der Waals surface area contributed by atoms with Crippen molar-refractivity contribution in [3.8, 4) is 11.5 Å². The summed E-state index contributed by atoms with van der Waals surface area (Å²) < 4.78 is 36.4. The number of methoxy groups -OCH3 is 1. The summed E-state index contributed by atoms with van der Waals surface area (Å²) in [4.78, 5) is 0. The monoisotopic (exact) mass is 297 g/mol. The summed E-state index contributed by atoms with van der Waals surface area (Å²) in [6.45, 7) is -0.712. The number of para-hydroxylation sites is 1. The van der Waals surface area contributed by atoms with Crippen molar-refractivity contribution in [2.24, 2.45) is 7.05 Å².